The summed E-state index contributed by atoms with van der Waals surface area (Å²) in [5.41, 5.74) is 1.19. The molecule has 11 heavy (non-hydrogen) atoms. The summed E-state index contributed by atoms with van der Waals surface area (Å²) in [6.07, 6.45) is 3.66. The second-order valence-corrected chi connectivity index (χ2v) is 3.56. The van der Waals surface area contributed by atoms with Gasteiger partial charge in [0.2, 0.25) is 0 Å². The minimum absolute atomic E-state index is 0.252. The molecule has 1 fully saturated rings. The Balaban J connectivity index is 2.39. The Bertz CT molecular complexity index is 138. The van der Waals surface area contributed by atoms with E-state index in [1.807, 2.05) is 0 Å². The van der Waals surface area contributed by atoms with Gasteiger partial charge in [-0.1, -0.05) is 19.1 Å². The third kappa shape index (κ3) is 2.24. The summed E-state index contributed by atoms with van der Waals surface area (Å²) in [7, 11) is 0. The van der Waals surface area contributed by atoms with E-state index in [0.717, 1.165) is 19.4 Å². The van der Waals surface area contributed by atoms with Crippen LogP contribution in [-0.4, -0.2) is 18.0 Å². The quantitative estimate of drug-likeness (QED) is 0.508. The lowest BCUT2D eigenvalue weighted by molar-refractivity contribution is 0.115. The van der Waals surface area contributed by atoms with Crippen LogP contribution in [0, 0.1) is 0 Å². The minimum Gasteiger partial charge on any atom is -0.377 e. The highest BCUT2D eigenvalue weighted by Crippen LogP contribution is 2.24. The first-order chi connectivity index (χ1) is 5.25. The maximum Gasteiger partial charge on any atom is 0.0729 e. The third-order valence-corrected chi connectivity index (χ3v) is 2.89. The van der Waals surface area contributed by atoms with Crippen LogP contribution in [-0.2, 0) is 4.74 Å². The highest BCUT2D eigenvalue weighted by molar-refractivity contribution is 7.81. The van der Waals surface area contributed by atoms with Crippen LogP contribution in [0.25, 0.3) is 0 Å². The van der Waals surface area contributed by atoms with Crippen molar-refractivity contribution in [2.45, 2.75) is 37.5 Å². The summed E-state index contributed by atoms with van der Waals surface area (Å²) in [6, 6.07) is 0. The van der Waals surface area contributed by atoms with Gasteiger partial charge < -0.3 is 4.74 Å². The molecule has 2 heteroatoms. The van der Waals surface area contributed by atoms with Crippen molar-refractivity contribution in [3.05, 3.63) is 12.2 Å². The zero-order valence-corrected chi connectivity index (χ0v) is 7.94. The van der Waals surface area contributed by atoms with Crippen LogP contribution in [0.1, 0.15) is 26.2 Å². The number of thiol groups is 1. The Morgan fingerprint density at radius 3 is 3.00 bits per heavy atom. The Morgan fingerprint density at radius 1 is 1.82 bits per heavy atom. The van der Waals surface area contributed by atoms with Crippen LogP contribution >= 0.6 is 12.6 Å². The summed E-state index contributed by atoms with van der Waals surface area (Å²) >= 11 is 4.48. The predicted molar refractivity (Wildman–Crippen MR) is 51.2 cm³/mol. The number of hydrogen-bond donors (Lipinski definition) is 1. The van der Waals surface area contributed by atoms with E-state index < -0.39 is 0 Å². The topological polar surface area (TPSA) is 9.23 Å². The van der Waals surface area contributed by atoms with Crippen molar-refractivity contribution >= 4 is 12.6 Å². The lowest BCUT2D eigenvalue weighted by Crippen LogP contribution is -2.21. The summed E-state index contributed by atoms with van der Waals surface area (Å²) in [4.78, 5) is 0. The van der Waals surface area contributed by atoms with Gasteiger partial charge in [-0.05, 0) is 19.3 Å². The maximum absolute atomic E-state index is 5.50. The molecular weight excluding hydrogens is 156 g/mol. The molecule has 0 amide bonds. The molecule has 1 aliphatic heterocycles. The SMILES string of the molecule is C=C(CC)C(S)C1CCCO1. The lowest BCUT2D eigenvalue weighted by atomic mass is 10.1. The molecule has 0 bridgehead atoms. The van der Waals surface area contributed by atoms with Gasteiger partial charge in [-0.25, -0.2) is 0 Å². The Morgan fingerprint density at radius 2 is 2.55 bits per heavy atom. The lowest BCUT2D eigenvalue weighted by Gasteiger charge is -2.18. The number of hydrogen-bond acceptors (Lipinski definition) is 2. The summed E-state index contributed by atoms with van der Waals surface area (Å²) < 4.78 is 5.50. The Kier molecular flexibility index (Phi) is 3.46. The minimum atomic E-state index is 0.252. The largest absolute Gasteiger partial charge is 0.377 e. The molecule has 1 nitrogen and oxygen atoms in total. The van der Waals surface area contributed by atoms with E-state index in [1.54, 1.807) is 0 Å². The zero-order chi connectivity index (χ0) is 8.27. The molecule has 0 aliphatic carbocycles. The molecule has 1 heterocycles. The van der Waals surface area contributed by atoms with Crippen molar-refractivity contribution < 1.29 is 4.74 Å². The molecule has 0 spiro atoms. The number of rotatable bonds is 3. The predicted octanol–water partition coefficient (Wildman–Crippen LogP) is 2.43. The molecule has 0 N–H and O–H groups in total. The standard InChI is InChI=1S/C9H16OS/c1-3-7(2)9(11)8-5-4-6-10-8/h8-9,11H,2-6H2,1H3. The van der Waals surface area contributed by atoms with E-state index >= 15 is 0 Å². The first kappa shape index (κ1) is 9.14. The smallest absolute Gasteiger partial charge is 0.0729 e. The summed E-state index contributed by atoms with van der Waals surface area (Å²) in [5, 5.41) is 0.252. The van der Waals surface area contributed by atoms with Crippen LogP contribution < -0.4 is 0 Å². The average Bonchev–Trinajstić information content (AvgIpc) is 2.53. The first-order valence-corrected chi connectivity index (χ1v) is 4.74. The molecular formula is C9H16OS. The van der Waals surface area contributed by atoms with E-state index in [0.29, 0.717) is 6.10 Å². The highest BCUT2D eigenvalue weighted by atomic mass is 32.1. The van der Waals surface area contributed by atoms with E-state index in [2.05, 4.69) is 26.1 Å². The van der Waals surface area contributed by atoms with Crippen LogP contribution in [0.2, 0.25) is 0 Å². The molecule has 2 atom stereocenters. The monoisotopic (exact) mass is 172 g/mol. The third-order valence-electron chi connectivity index (χ3n) is 2.19. The van der Waals surface area contributed by atoms with Gasteiger partial charge in [-0.15, -0.1) is 0 Å². The molecule has 0 radical (unpaired) electrons. The first-order valence-electron chi connectivity index (χ1n) is 4.23. The van der Waals surface area contributed by atoms with Gasteiger partial charge in [0, 0.05) is 11.9 Å². The van der Waals surface area contributed by atoms with Crippen molar-refractivity contribution in [3.8, 4) is 0 Å². The maximum atomic E-state index is 5.50. The van der Waals surface area contributed by atoms with Gasteiger partial charge in [0.15, 0.2) is 0 Å². The number of ether oxygens (including phenoxy) is 1. The van der Waals surface area contributed by atoms with Crippen molar-refractivity contribution in [1.29, 1.82) is 0 Å². The summed E-state index contributed by atoms with van der Waals surface area (Å²) in [6.45, 7) is 6.97. The molecule has 0 aromatic rings. The van der Waals surface area contributed by atoms with E-state index in [9.17, 15) is 0 Å². The van der Waals surface area contributed by atoms with Gasteiger partial charge in [0.05, 0.1) is 6.10 Å². The van der Waals surface area contributed by atoms with Crippen LogP contribution in [0.4, 0.5) is 0 Å². The molecule has 0 saturated carbocycles. The van der Waals surface area contributed by atoms with Crippen LogP contribution in [0.15, 0.2) is 12.2 Å². The van der Waals surface area contributed by atoms with E-state index in [-0.39, 0.29) is 5.25 Å². The molecule has 0 aromatic carbocycles. The van der Waals surface area contributed by atoms with Crippen molar-refractivity contribution in [3.63, 3.8) is 0 Å². The van der Waals surface area contributed by atoms with Crippen molar-refractivity contribution in [2.75, 3.05) is 6.61 Å². The van der Waals surface area contributed by atoms with Crippen molar-refractivity contribution in [2.24, 2.45) is 0 Å². The average molecular weight is 172 g/mol. The fourth-order valence-electron chi connectivity index (χ4n) is 1.32. The molecule has 0 aromatic heterocycles. The fraction of sp³-hybridized carbons (Fsp3) is 0.778. The second-order valence-electron chi connectivity index (χ2n) is 3.01. The van der Waals surface area contributed by atoms with Gasteiger partial charge in [0.1, 0.15) is 0 Å². The molecule has 1 saturated heterocycles. The Labute approximate surface area is 74.2 Å². The fourth-order valence-corrected chi connectivity index (χ4v) is 1.74. The van der Waals surface area contributed by atoms with E-state index in [1.165, 1.54) is 12.0 Å². The van der Waals surface area contributed by atoms with E-state index in [4.69, 9.17) is 4.74 Å². The summed E-state index contributed by atoms with van der Waals surface area (Å²) in [5.74, 6) is 0. The normalized spacial score (nSPS) is 26.9. The molecule has 1 rings (SSSR count). The molecule has 2 unspecified atom stereocenters. The zero-order valence-electron chi connectivity index (χ0n) is 7.05. The van der Waals surface area contributed by atoms with Gasteiger partial charge in [-0.2, -0.15) is 12.6 Å². The second kappa shape index (κ2) is 4.17. The molecule has 64 valence electrons. The van der Waals surface area contributed by atoms with Crippen LogP contribution in [0.3, 0.4) is 0 Å². The van der Waals surface area contributed by atoms with Crippen LogP contribution in [0.5, 0.6) is 0 Å². The molecule has 1 aliphatic rings. The van der Waals surface area contributed by atoms with Crippen molar-refractivity contribution in [1.82, 2.24) is 0 Å². The highest BCUT2D eigenvalue weighted by Gasteiger charge is 2.23. The Hall–Kier alpha value is 0.0500. The van der Waals surface area contributed by atoms with Gasteiger partial charge in [0.25, 0.3) is 0 Å². The van der Waals surface area contributed by atoms with Gasteiger partial charge >= 0.3 is 0 Å². The van der Waals surface area contributed by atoms with Gasteiger partial charge in [-0.3, -0.25) is 0 Å².